The lowest BCUT2D eigenvalue weighted by atomic mass is 9.81. The van der Waals surface area contributed by atoms with Crippen molar-refractivity contribution in [1.29, 1.82) is 0 Å². The van der Waals surface area contributed by atoms with Gasteiger partial charge in [0.15, 0.2) is 0 Å². The van der Waals surface area contributed by atoms with Crippen molar-refractivity contribution in [2.75, 3.05) is 5.32 Å². The Bertz CT molecular complexity index is 633. The monoisotopic (exact) mass is 351 g/mol. The molecule has 0 radical (unpaired) electrons. The van der Waals surface area contributed by atoms with E-state index in [0.29, 0.717) is 5.46 Å². The highest BCUT2D eigenvalue weighted by atomic mass is 16.7. The van der Waals surface area contributed by atoms with Crippen LogP contribution in [0.1, 0.15) is 40.5 Å². The maximum absolute atomic E-state index is 11.2. The SMILES string of the molecule is CC1(C)OB(c2cnc(N[C@@H](CCC(=O)O)C(=O)O)nc2)OC1(C)C. The predicted octanol–water partition coefficient (Wildman–Crippen LogP) is 0.506. The molecule has 9 nitrogen and oxygen atoms in total. The summed E-state index contributed by atoms with van der Waals surface area (Å²) >= 11 is 0. The number of aliphatic carboxylic acids is 2. The Kier molecular flexibility index (Phi) is 5.33. The molecule has 0 aromatic carbocycles. The van der Waals surface area contributed by atoms with Gasteiger partial charge in [0, 0.05) is 24.3 Å². The lowest BCUT2D eigenvalue weighted by Crippen LogP contribution is -2.41. The molecule has 2 rings (SSSR count). The minimum atomic E-state index is -1.17. The third-order valence-corrected chi connectivity index (χ3v) is 4.45. The zero-order chi connectivity index (χ0) is 18.8. The van der Waals surface area contributed by atoms with Crippen LogP contribution in [0.25, 0.3) is 0 Å². The van der Waals surface area contributed by atoms with Gasteiger partial charge in [-0.05, 0) is 34.1 Å². The number of hydrogen-bond donors (Lipinski definition) is 3. The van der Waals surface area contributed by atoms with Gasteiger partial charge in [0.2, 0.25) is 5.95 Å². The summed E-state index contributed by atoms with van der Waals surface area (Å²) in [5, 5.41) is 20.4. The standard InChI is InChI=1S/C15H22BN3O6/c1-14(2)15(3,4)25-16(24-14)9-7-17-13(18-8-9)19-10(12(22)23)5-6-11(20)21/h7-8,10H,5-6H2,1-4H3,(H,20,21)(H,22,23)(H,17,18,19)/t10-/m0/s1. The van der Waals surface area contributed by atoms with Crippen molar-refractivity contribution in [3.8, 4) is 0 Å². The Hall–Kier alpha value is -2.20. The molecule has 2 heterocycles. The molecule has 136 valence electrons. The van der Waals surface area contributed by atoms with Crippen LogP contribution >= 0.6 is 0 Å². The van der Waals surface area contributed by atoms with Gasteiger partial charge in [-0.15, -0.1) is 0 Å². The fraction of sp³-hybridized carbons (Fsp3) is 0.600. The molecule has 1 saturated heterocycles. The van der Waals surface area contributed by atoms with E-state index in [1.807, 2.05) is 27.7 Å². The predicted molar refractivity (Wildman–Crippen MR) is 89.7 cm³/mol. The van der Waals surface area contributed by atoms with Gasteiger partial charge in [-0.25, -0.2) is 14.8 Å². The van der Waals surface area contributed by atoms with Crippen molar-refractivity contribution in [3.63, 3.8) is 0 Å². The van der Waals surface area contributed by atoms with E-state index in [-0.39, 0.29) is 18.8 Å². The summed E-state index contributed by atoms with van der Waals surface area (Å²) < 4.78 is 11.8. The summed E-state index contributed by atoms with van der Waals surface area (Å²) in [7, 11) is -0.610. The molecular weight excluding hydrogens is 329 g/mol. The van der Waals surface area contributed by atoms with Crippen molar-refractivity contribution in [2.45, 2.75) is 57.8 Å². The Balaban J connectivity index is 2.04. The van der Waals surface area contributed by atoms with Crippen molar-refractivity contribution >= 4 is 30.5 Å². The highest BCUT2D eigenvalue weighted by molar-refractivity contribution is 6.61. The molecule has 0 saturated carbocycles. The number of carbonyl (C=O) groups is 2. The molecule has 0 bridgehead atoms. The van der Waals surface area contributed by atoms with Crippen LogP contribution in [0, 0.1) is 0 Å². The average Bonchev–Trinajstić information content (AvgIpc) is 2.72. The molecule has 1 atom stereocenters. The zero-order valence-electron chi connectivity index (χ0n) is 14.6. The number of hydrogen-bond acceptors (Lipinski definition) is 7. The molecule has 1 aliphatic heterocycles. The summed E-state index contributed by atoms with van der Waals surface area (Å²) in [6.45, 7) is 7.74. The summed E-state index contributed by atoms with van der Waals surface area (Å²) in [5.74, 6) is -2.14. The van der Waals surface area contributed by atoms with E-state index >= 15 is 0 Å². The zero-order valence-corrected chi connectivity index (χ0v) is 14.6. The van der Waals surface area contributed by atoms with Crippen LogP contribution in [-0.4, -0.2) is 56.5 Å². The number of carboxylic acids is 2. The van der Waals surface area contributed by atoms with Gasteiger partial charge in [0.1, 0.15) is 6.04 Å². The van der Waals surface area contributed by atoms with Crippen LogP contribution in [0.2, 0.25) is 0 Å². The minimum Gasteiger partial charge on any atom is -0.481 e. The Labute approximate surface area is 145 Å². The first kappa shape index (κ1) is 19.1. The van der Waals surface area contributed by atoms with Gasteiger partial charge in [0.05, 0.1) is 11.2 Å². The summed E-state index contributed by atoms with van der Waals surface area (Å²) in [6.07, 6.45) is 2.64. The van der Waals surface area contributed by atoms with Gasteiger partial charge in [-0.2, -0.15) is 0 Å². The Morgan fingerprint density at radius 1 is 1.16 bits per heavy atom. The maximum atomic E-state index is 11.2. The summed E-state index contributed by atoms with van der Waals surface area (Å²) in [6, 6.07) is -1.08. The van der Waals surface area contributed by atoms with Crippen molar-refractivity contribution in [3.05, 3.63) is 12.4 Å². The molecule has 0 unspecified atom stereocenters. The van der Waals surface area contributed by atoms with E-state index in [2.05, 4.69) is 15.3 Å². The molecule has 0 aliphatic carbocycles. The number of rotatable bonds is 7. The summed E-state index contributed by atoms with van der Waals surface area (Å²) in [4.78, 5) is 29.9. The van der Waals surface area contributed by atoms with Crippen LogP contribution < -0.4 is 10.8 Å². The van der Waals surface area contributed by atoms with Crippen LogP contribution in [0.4, 0.5) is 5.95 Å². The van der Waals surface area contributed by atoms with E-state index in [9.17, 15) is 9.59 Å². The third kappa shape index (κ3) is 4.46. The molecule has 3 N–H and O–H groups in total. The van der Waals surface area contributed by atoms with E-state index < -0.39 is 36.3 Å². The molecule has 1 aromatic heterocycles. The molecule has 1 fully saturated rings. The van der Waals surface area contributed by atoms with Gasteiger partial charge in [0.25, 0.3) is 0 Å². The largest absolute Gasteiger partial charge is 0.498 e. The number of nitrogens with zero attached hydrogens (tertiary/aromatic N) is 2. The normalized spacial score (nSPS) is 19.4. The van der Waals surface area contributed by atoms with E-state index in [1.165, 1.54) is 12.4 Å². The highest BCUT2D eigenvalue weighted by Gasteiger charge is 2.51. The Morgan fingerprint density at radius 2 is 1.68 bits per heavy atom. The number of aromatic nitrogens is 2. The van der Waals surface area contributed by atoms with Gasteiger partial charge >= 0.3 is 19.1 Å². The summed E-state index contributed by atoms with van der Waals surface area (Å²) in [5.41, 5.74) is -0.360. The molecule has 10 heteroatoms. The number of nitrogens with one attached hydrogen (secondary N) is 1. The molecular formula is C15H22BN3O6. The third-order valence-electron chi connectivity index (χ3n) is 4.45. The molecule has 0 spiro atoms. The smallest absolute Gasteiger partial charge is 0.481 e. The van der Waals surface area contributed by atoms with Crippen molar-refractivity contribution in [2.24, 2.45) is 0 Å². The quantitative estimate of drug-likeness (QED) is 0.601. The first-order valence-electron chi connectivity index (χ1n) is 7.90. The van der Waals surface area contributed by atoms with Crippen LogP contribution in [0.15, 0.2) is 12.4 Å². The topological polar surface area (TPSA) is 131 Å². The molecule has 0 amide bonds. The Morgan fingerprint density at radius 3 is 2.12 bits per heavy atom. The number of anilines is 1. The second-order valence-electron chi connectivity index (χ2n) is 6.90. The second-order valence-corrected chi connectivity index (χ2v) is 6.90. The van der Waals surface area contributed by atoms with E-state index in [4.69, 9.17) is 19.5 Å². The van der Waals surface area contributed by atoms with Crippen LogP contribution in [0.5, 0.6) is 0 Å². The fourth-order valence-corrected chi connectivity index (χ4v) is 2.19. The van der Waals surface area contributed by atoms with Crippen molar-refractivity contribution in [1.82, 2.24) is 9.97 Å². The molecule has 1 aliphatic rings. The number of carboxylic acid groups (broad SMARTS) is 2. The van der Waals surface area contributed by atoms with Crippen LogP contribution in [-0.2, 0) is 18.9 Å². The van der Waals surface area contributed by atoms with E-state index in [0.717, 1.165) is 0 Å². The van der Waals surface area contributed by atoms with Crippen molar-refractivity contribution < 1.29 is 29.1 Å². The minimum absolute atomic E-state index is 0.0764. The average molecular weight is 351 g/mol. The van der Waals surface area contributed by atoms with Crippen LogP contribution in [0.3, 0.4) is 0 Å². The molecule has 25 heavy (non-hydrogen) atoms. The molecule has 1 aromatic rings. The lowest BCUT2D eigenvalue weighted by molar-refractivity contribution is -0.139. The van der Waals surface area contributed by atoms with Gasteiger partial charge in [-0.3, -0.25) is 4.79 Å². The second kappa shape index (κ2) is 6.97. The first-order valence-corrected chi connectivity index (χ1v) is 7.90. The fourth-order valence-electron chi connectivity index (χ4n) is 2.19. The van der Waals surface area contributed by atoms with Gasteiger partial charge < -0.3 is 24.8 Å². The highest BCUT2D eigenvalue weighted by Crippen LogP contribution is 2.36. The first-order chi connectivity index (χ1) is 11.5. The lowest BCUT2D eigenvalue weighted by Gasteiger charge is -2.32. The van der Waals surface area contributed by atoms with E-state index in [1.54, 1.807) is 0 Å². The van der Waals surface area contributed by atoms with Gasteiger partial charge in [-0.1, -0.05) is 0 Å². The maximum Gasteiger partial charge on any atom is 0.498 e.